The van der Waals surface area contributed by atoms with Crippen molar-refractivity contribution in [2.24, 2.45) is 0 Å². The third-order valence-corrected chi connectivity index (χ3v) is 5.40. The van der Waals surface area contributed by atoms with E-state index in [-0.39, 0.29) is 11.9 Å². The van der Waals surface area contributed by atoms with Crippen molar-refractivity contribution in [3.05, 3.63) is 69.4 Å². The van der Waals surface area contributed by atoms with Gasteiger partial charge in [0.05, 0.1) is 23.2 Å². The maximum absolute atomic E-state index is 13.6. The predicted molar refractivity (Wildman–Crippen MR) is 122 cm³/mol. The lowest BCUT2D eigenvalue weighted by atomic mass is 10.1. The van der Waals surface area contributed by atoms with Crippen LogP contribution in [0.25, 0.3) is 16.6 Å². The SMILES string of the molecule is CCOc1ccc(-n2c(=O)c3ccccc3n([C@H](CC)C(=O)N[C@@H](C)CC)c2=O)cc1. The van der Waals surface area contributed by atoms with Gasteiger partial charge in [0.15, 0.2) is 0 Å². The lowest BCUT2D eigenvalue weighted by molar-refractivity contribution is -0.125. The summed E-state index contributed by atoms with van der Waals surface area (Å²) >= 11 is 0. The average molecular weight is 424 g/mol. The summed E-state index contributed by atoms with van der Waals surface area (Å²) in [4.78, 5) is 39.8. The molecule has 7 heteroatoms. The largest absolute Gasteiger partial charge is 0.494 e. The molecule has 0 bridgehead atoms. The van der Waals surface area contributed by atoms with E-state index in [1.165, 1.54) is 4.57 Å². The molecule has 0 saturated carbocycles. The number of rotatable bonds is 8. The molecule has 31 heavy (non-hydrogen) atoms. The molecular weight excluding hydrogens is 394 g/mol. The zero-order chi connectivity index (χ0) is 22.5. The molecule has 0 radical (unpaired) electrons. The summed E-state index contributed by atoms with van der Waals surface area (Å²) in [6.45, 7) is 8.17. The molecule has 0 unspecified atom stereocenters. The Hall–Kier alpha value is -3.35. The van der Waals surface area contributed by atoms with Gasteiger partial charge < -0.3 is 10.1 Å². The van der Waals surface area contributed by atoms with Crippen LogP contribution in [-0.2, 0) is 4.79 Å². The molecule has 1 aromatic heterocycles. The Labute approximate surface area is 181 Å². The molecule has 2 aromatic carbocycles. The molecule has 0 saturated heterocycles. The number of nitrogens with zero attached hydrogens (tertiary/aromatic N) is 2. The van der Waals surface area contributed by atoms with E-state index >= 15 is 0 Å². The number of carbonyl (C=O) groups is 1. The Kier molecular flexibility index (Phi) is 6.95. The van der Waals surface area contributed by atoms with Gasteiger partial charge in [0.1, 0.15) is 11.8 Å². The molecule has 0 aliphatic heterocycles. The van der Waals surface area contributed by atoms with Crippen LogP contribution in [0.1, 0.15) is 46.6 Å². The van der Waals surface area contributed by atoms with E-state index in [1.807, 2.05) is 27.7 Å². The van der Waals surface area contributed by atoms with E-state index in [0.717, 1.165) is 11.0 Å². The van der Waals surface area contributed by atoms with Crippen LogP contribution < -0.4 is 21.3 Å². The highest BCUT2D eigenvalue weighted by Gasteiger charge is 2.25. The summed E-state index contributed by atoms with van der Waals surface area (Å²) in [5.41, 5.74) is -0.0850. The molecule has 3 rings (SSSR count). The smallest absolute Gasteiger partial charge is 0.336 e. The van der Waals surface area contributed by atoms with Crippen LogP contribution >= 0.6 is 0 Å². The number of benzene rings is 2. The van der Waals surface area contributed by atoms with Gasteiger partial charge in [-0.3, -0.25) is 14.2 Å². The van der Waals surface area contributed by atoms with Gasteiger partial charge in [-0.1, -0.05) is 26.0 Å². The maximum Gasteiger partial charge on any atom is 0.336 e. The topological polar surface area (TPSA) is 82.3 Å². The van der Waals surface area contributed by atoms with Gasteiger partial charge in [0.25, 0.3) is 5.56 Å². The second-order valence-electron chi connectivity index (χ2n) is 7.48. The van der Waals surface area contributed by atoms with Gasteiger partial charge in [-0.2, -0.15) is 0 Å². The molecule has 0 spiro atoms. The summed E-state index contributed by atoms with van der Waals surface area (Å²) in [6.07, 6.45) is 1.19. The Morgan fingerprint density at radius 2 is 1.68 bits per heavy atom. The number of amides is 1. The number of nitrogens with one attached hydrogen (secondary N) is 1. The van der Waals surface area contributed by atoms with Crippen molar-refractivity contribution in [2.75, 3.05) is 6.61 Å². The minimum atomic E-state index is -0.735. The lowest BCUT2D eigenvalue weighted by Crippen LogP contribution is -2.45. The fourth-order valence-corrected chi connectivity index (χ4v) is 3.60. The summed E-state index contributed by atoms with van der Waals surface area (Å²) in [5, 5.41) is 3.34. The predicted octanol–water partition coefficient (Wildman–Crippen LogP) is 3.42. The van der Waals surface area contributed by atoms with Crippen LogP contribution in [0.3, 0.4) is 0 Å². The number of hydrogen-bond donors (Lipinski definition) is 1. The molecule has 0 aliphatic rings. The molecular formula is C24H29N3O4. The third kappa shape index (κ3) is 4.40. The Morgan fingerprint density at radius 3 is 2.29 bits per heavy atom. The lowest BCUT2D eigenvalue weighted by Gasteiger charge is -2.23. The van der Waals surface area contributed by atoms with E-state index in [4.69, 9.17) is 4.74 Å². The minimum Gasteiger partial charge on any atom is -0.494 e. The van der Waals surface area contributed by atoms with Gasteiger partial charge in [0, 0.05) is 6.04 Å². The highest BCUT2D eigenvalue weighted by Crippen LogP contribution is 2.19. The van der Waals surface area contributed by atoms with E-state index in [0.29, 0.717) is 35.4 Å². The van der Waals surface area contributed by atoms with E-state index in [1.54, 1.807) is 48.5 Å². The van der Waals surface area contributed by atoms with Gasteiger partial charge in [-0.25, -0.2) is 9.36 Å². The molecule has 164 valence electrons. The van der Waals surface area contributed by atoms with Crippen molar-refractivity contribution >= 4 is 16.8 Å². The maximum atomic E-state index is 13.6. The fraction of sp³-hybridized carbons (Fsp3) is 0.375. The number of ether oxygens (including phenoxy) is 1. The van der Waals surface area contributed by atoms with Crippen molar-refractivity contribution in [2.45, 2.75) is 52.6 Å². The van der Waals surface area contributed by atoms with Crippen molar-refractivity contribution in [3.8, 4) is 11.4 Å². The standard InChI is InChI=1S/C24H29N3O4/c1-5-16(4)25-22(28)20(6-2)27-21-11-9-8-10-19(21)23(29)26(24(27)30)17-12-14-18(15-13-17)31-7-3/h8-16,20H,5-7H2,1-4H3,(H,25,28)/t16-,20+/m0/s1. The zero-order valence-electron chi connectivity index (χ0n) is 18.4. The Bertz CT molecular complexity index is 1180. The first-order chi connectivity index (χ1) is 14.9. The van der Waals surface area contributed by atoms with E-state index in [9.17, 15) is 14.4 Å². The zero-order valence-corrected chi connectivity index (χ0v) is 18.4. The number of hydrogen-bond acceptors (Lipinski definition) is 4. The molecule has 2 atom stereocenters. The number of fused-ring (bicyclic) bond motifs is 1. The van der Waals surface area contributed by atoms with E-state index in [2.05, 4.69) is 5.32 Å². The van der Waals surface area contributed by atoms with Gasteiger partial charge >= 0.3 is 5.69 Å². The first-order valence-corrected chi connectivity index (χ1v) is 10.7. The Morgan fingerprint density at radius 1 is 1.00 bits per heavy atom. The van der Waals surface area contributed by atoms with Crippen LogP contribution in [0.4, 0.5) is 0 Å². The fourth-order valence-electron chi connectivity index (χ4n) is 3.60. The van der Waals surface area contributed by atoms with Crippen LogP contribution in [0, 0.1) is 0 Å². The van der Waals surface area contributed by atoms with Crippen LogP contribution in [0.5, 0.6) is 5.75 Å². The van der Waals surface area contributed by atoms with Gasteiger partial charge in [-0.05, 0) is 63.1 Å². The number of aromatic nitrogens is 2. The van der Waals surface area contributed by atoms with Gasteiger partial charge in [-0.15, -0.1) is 0 Å². The Balaban J connectivity index is 2.25. The summed E-state index contributed by atoms with van der Waals surface area (Å²) in [5.74, 6) is 0.417. The van der Waals surface area contributed by atoms with Crippen molar-refractivity contribution in [3.63, 3.8) is 0 Å². The summed E-state index contributed by atoms with van der Waals surface area (Å²) < 4.78 is 8.02. The quantitative estimate of drug-likeness (QED) is 0.602. The first-order valence-electron chi connectivity index (χ1n) is 10.7. The monoisotopic (exact) mass is 423 g/mol. The minimum absolute atomic E-state index is 0.0134. The van der Waals surface area contributed by atoms with Crippen LogP contribution in [0.15, 0.2) is 58.1 Å². The molecule has 1 N–H and O–H groups in total. The van der Waals surface area contributed by atoms with Crippen molar-refractivity contribution < 1.29 is 9.53 Å². The van der Waals surface area contributed by atoms with Crippen molar-refractivity contribution in [1.82, 2.24) is 14.5 Å². The van der Waals surface area contributed by atoms with Gasteiger partial charge in [0.2, 0.25) is 5.91 Å². The van der Waals surface area contributed by atoms with Crippen LogP contribution in [-0.4, -0.2) is 27.7 Å². The summed E-state index contributed by atoms with van der Waals surface area (Å²) in [6, 6.07) is 12.9. The summed E-state index contributed by atoms with van der Waals surface area (Å²) in [7, 11) is 0. The molecule has 1 amide bonds. The number of para-hydroxylation sites is 1. The molecule has 0 aliphatic carbocycles. The second kappa shape index (κ2) is 9.64. The second-order valence-corrected chi connectivity index (χ2v) is 7.48. The number of carbonyl (C=O) groups excluding carboxylic acids is 1. The van der Waals surface area contributed by atoms with E-state index < -0.39 is 17.3 Å². The highest BCUT2D eigenvalue weighted by atomic mass is 16.5. The first kappa shape index (κ1) is 22.3. The van der Waals surface area contributed by atoms with Crippen LogP contribution in [0.2, 0.25) is 0 Å². The molecule has 1 heterocycles. The average Bonchev–Trinajstić information content (AvgIpc) is 2.77. The third-order valence-electron chi connectivity index (χ3n) is 5.40. The molecule has 7 nitrogen and oxygen atoms in total. The normalized spacial score (nSPS) is 13.0. The highest BCUT2D eigenvalue weighted by molar-refractivity contribution is 5.84. The molecule has 3 aromatic rings. The van der Waals surface area contributed by atoms with Crippen molar-refractivity contribution in [1.29, 1.82) is 0 Å². The molecule has 0 fully saturated rings.